The second-order valence-corrected chi connectivity index (χ2v) is 7.58. The lowest BCUT2D eigenvalue weighted by molar-refractivity contribution is -0.133. The van der Waals surface area contributed by atoms with Gasteiger partial charge in [-0.1, -0.05) is 30.3 Å². The molecule has 1 fully saturated rings. The number of aliphatic hydroxyl groups excluding tert-OH is 1. The summed E-state index contributed by atoms with van der Waals surface area (Å²) in [5.74, 6) is 0.0469. The number of fused-ring (bicyclic) bond motifs is 2. The zero-order valence-corrected chi connectivity index (χ0v) is 15.3. The van der Waals surface area contributed by atoms with E-state index in [2.05, 4.69) is 6.07 Å². The number of aryl methyl sites for hydroxylation is 1. The number of hydrogen-bond donors (Lipinski definition) is 2. The number of pyridine rings is 1. The van der Waals surface area contributed by atoms with Gasteiger partial charge in [0.2, 0.25) is 5.91 Å². The standard InChI is InChI=1S/C21H25N3O3/c22-19-15-5-1-2-6-16(15)21(20(19)27)9-13-24(14-10-21)18(26)8-12-23-11-4-3-7-17(23)25/h1-7,11,19-20,27H,8-10,12-14,22H2/t19-,20+/m0/s1. The molecule has 0 saturated carbocycles. The van der Waals surface area contributed by atoms with Crippen LogP contribution in [-0.2, 0) is 16.8 Å². The molecule has 1 saturated heterocycles. The van der Waals surface area contributed by atoms with E-state index < -0.39 is 6.10 Å². The quantitative estimate of drug-likeness (QED) is 0.852. The number of rotatable bonds is 3. The molecule has 0 radical (unpaired) electrons. The Labute approximate surface area is 158 Å². The van der Waals surface area contributed by atoms with Gasteiger partial charge >= 0.3 is 0 Å². The molecular weight excluding hydrogens is 342 g/mol. The van der Waals surface area contributed by atoms with Gasteiger partial charge in [0.1, 0.15) is 0 Å². The smallest absolute Gasteiger partial charge is 0.250 e. The topological polar surface area (TPSA) is 88.6 Å². The first-order valence-corrected chi connectivity index (χ1v) is 9.49. The maximum Gasteiger partial charge on any atom is 0.250 e. The molecule has 1 aliphatic heterocycles. The van der Waals surface area contributed by atoms with Crippen molar-refractivity contribution in [2.24, 2.45) is 5.73 Å². The summed E-state index contributed by atoms with van der Waals surface area (Å²) in [5.41, 5.74) is 7.95. The first kappa shape index (κ1) is 17.9. The molecule has 2 aromatic rings. The van der Waals surface area contributed by atoms with Gasteiger partial charge in [0.05, 0.1) is 12.1 Å². The summed E-state index contributed by atoms with van der Waals surface area (Å²) in [5, 5.41) is 10.8. The molecule has 27 heavy (non-hydrogen) atoms. The minimum absolute atomic E-state index is 0.0469. The summed E-state index contributed by atoms with van der Waals surface area (Å²) in [7, 11) is 0. The van der Waals surface area contributed by atoms with Crippen molar-refractivity contribution in [3.63, 3.8) is 0 Å². The number of amides is 1. The fourth-order valence-corrected chi connectivity index (χ4v) is 4.65. The van der Waals surface area contributed by atoms with Crippen molar-refractivity contribution in [1.29, 1.82) is 0 Å². The van der Waals surface area contributed by atoms with Crippen LogP contribution in [0, 0.1) is 0 Å². The van der Waals surface area contributed by atoms with Crippen molar-refractivity contribution in [3.8, 4) is 0 Å². The average Bonchev–Trinajstić information content (AvgIpc) is 2.90. The highest BCUT2D eigenvalue weighted by Crippen LogP contribution is 2.49. The van der Waals surface area contributed by atoms with Gasteiger partial charge in [-0.2, -0.15) is 0 Å². The Hall–Kier alpha value is -2.44. The number of hydrogen-bond acceptors (Lipinski definition) is 4. The molecule has 4 rings (SSSR count). The van der Waals surface area contributed by atoms with Gasteiger partial charge in [-0.25, -0.2) is 0 Å². The molecule has 2 aliphatic rings. The third-order valence-corrected chi connectivity index (χ3v) is 6.24. The normalized spacial score (nSPS) is 23.4. The van der Waals surface area contributed by atoms with Gasteiger partial charge in [0.25, 0.3) is 5.56 Å². The van der Waals surface area contributed by atoms with Crippen molar-refractivity contribution in [1.82, 2.24) is 9.47 Å². The summed E-state index contributed by atoms with van der Waals surface area (Å²) in [4.78, 5) is 26.2. The lowest BCUT2D eigenvalue weighted by Crippen LogP contribution is -2.50. The van der Waals surface area contributed by atoms with E-state index in [1.165, 1.54) is 6.07 Å². The van der Waals surface area contributed by atoms with E-state index in [1.807, 2.05) is 23.1 Å². The van der Waals surface area contributed by atoms with Crippen LogP contribution in [-0.4, -0.2) is 39.7 Å². The van der Waals surface area contributed by atoms with E-state index >= 15 is 0 Å². The predicted molar refractivity (Wildman–Crippen MR) is 102 cm³/mol. The molecule has 0 bridgehead atoms. The zero-order chi connectivity index (χ0) is 19.0. The molecule has 1 amide bonds. The third-order valence-electron chi connectivity index (χ3n) is 6.24. The van der Waals surface area contributed by atoms with Crippen molar-refractivity contribution in [3.05, 3.63) is 70.1 Å². The fraction of sp³-hybridized carbons (Fsp3) is 0.429. The Morgan fingerprint density at radius 3 is 2.59 bits per heavy atom. The Bertz CT molecular complexity index is 899. The minimum Gasteiger partial charge on any atom is -0.390 e. The second-order valence-electron chi connectivity index (χ2n) is 7.58. The Kier molecular flexibility index (Phi) is 4.61. The number of aromatic nitrogens is 1. The van der Waals surface area contributed by atoms with Gasteiger partial charge in [-0.3, -0.25) is 9.59 Å². The van der Waals surface area contributed by atoms with Crippen molar-refractivity contribution >= 4 is 5.91 Å². The molecule has 6 heteroatoms. The number of aliphatic hydroxyl groups is 1. The molecule has 0 unspecified atom stereocenters. The van der Waals surface area contributed by atoms with Crippen LogP contribution in [0.3, 0.4) is 0 Å². The summed E-state index contributed by atoms with van der Waals surface area (Å²) >= 11 is 0. The third kappa shape index (κ3) is 2.99. The molecule has 1 spiro atoms. The summed E-state index contributed by atoms with van der Waals surface area (Å²) in [6, 6.07) is 12.6. The van der Waals surface area contributed by atoms with E-state index in [0.29, 0.717) is 38.9 Å². The Morgan fingerprint density at radius 1 is 1.15 bits per heavy atom. The number of nitrogens with two attached hydrogens (primary N) is 1. The number of benzene rings is 1. The number of carbonyl (C=O) groups excluding carboxylic acids is 1. The molecule has 142 valence electrons. The lowest BCUT2D eigenvalue weighted by atomic mass is 9.72. The number of nitrogens with zero attached hydrogens (tertiary/aromatic N) is 2. The van der Waals surface area contributed by atoms with Crippen molar-refractivity contribution in [2.75, 3.05) is 13.1 Å². The molecule has 6 nitrogen and oxygen atoms in total. The van der Waals surface area contributed by atoms with E-state index in [1.54, 1.807) is 22.9 Å². The molecule has 1 aromatic carbocycles. The maximum atomic E-state index is 12.6. The molecule has 2 atom stereocenters. The highest BCUT2D eigenvalue weighted by Gasteiger charge is 2.51. The van der Waals surface area contributed by atoms with Gasteiger partial charge in [0.15, 0.2) is 0 Å². The summed E-state index contributed by atoms with van der Waals surface area (Å²) in [6.07, 6.45) is 2.80. The lowest BCUT2D eigenvalue weighted by Gasteiger charge is -2.42. The van der Waals surface area contributed by atoms with E-state index in [-0.39, 0.29) is 22.9 Å². The first-order valence-electron chi connectivity index (χ1n) is 9.49. The van der Waals surface area contributed by atoms with Gasteiger partial charge in [0, 0.05) is 43.7 Å². The van der Waals surface area contributed by atoms with Gasteiger partial charge in [-0.15, -0.1) is 0 Å². The molecular formula is C21H25N3O3. The van der Waals surface area contributed by atoms with Crippen LogP contribution in [0.25, 0.3) is 0 Å². The molecule has 3 N–H and O–H groups in total. The Balaban J connectivity index is 1.43. The first-order chi connectivity index (χ1) is 13.0. The van der Waals surface area contributed by atoms with Crippen LogP contribution in [0.4, 0.5) is 0 Å². The van der Waals surface area contributed by atoms with Crippen LogP contribution in [0.2, 0.25) is 0 Å². The molecule has 2 heterocycles. The predicted octanol–water partition coefficient (Wildman–Crippen LogP) is 1.17. The fourth-order valence-electron chi connectivity index (χ4n) is 4.65. The van der Waals surface area contributed by atoms with E-state index in [4.69, 9.17) is 5.73 Å². The highest BCUT2D eigenvalue weighted by atomic mass is 16.3. The second kappa shape index (κ2) is 6.94. The van der Waals surface area contributed by atoms with Crippen molar-refractivity contribution in [2.45, 2.75) is 43.4 Å². The largest absolute Gasteiger partial charge is 0.390 e. The molecule has 1 aliphatic carbocycles. The number of piperidine rings is 1. The van der Waals surface area contributed by atoms with Crippen molar-refractivity contribution < 1.29 is 9.90 Å². The molecule has 1 aromatic heterocycles. The van der Waals surface area contributed by atoms with E-state index in [0.717, 1.165) is 11.1 Å². The monoisotopic (exact) mass is 367 g/mol. The number of likely N-dealkylation sites (tertiary alicyclic amines) is 1. The average molecular weight is 367 g/mol. The summed E-state index contributed by atoms with van der Waals surface area (Å²) in [6.45, 7) is 1.58. The van der Waals surface area contributed by atoms with Crippen LogP contribution >= 0.6 is 0 Å². The van der Waals surface area contributed by atoms with Crippen LogP contribution < -0.4 is 11.3 Å². The summed E-state index contributed by atoms with van der Waals surface area (Å²) < 4.78 is 1.55. The highest BCUT2D eigenvalue weighted by molar-refractivity contribution is 5.76. The van der Waals surface area contributed by atoms with E-state index in [9.17, 15) is 14.7 Å². The zero-order valence-electron chi connectivity index (χ0n) is 15.3. The SMILES string of the molecule is N[C@H]1c2ccccc2C2(CCN(C(=O)CCn3ccccc3=O)CC2)[C@@H]1O. The van der Waals surface area contributed by atoms with Crippen LogP contribution in [0.15, 0.2) is 53.5 Å². The van der Waals surface area contributed by atoms with Crippen LogP contribution in [0.5, 0.6) is 0 Å². The Morgan fingerprint density at radius 2 is 1.85 bits per heavy atom. The van der Waals surface area contributed by atoms with Crippen LogP contribution in [0.1, 0.15) is 36.4 Å². The minimum atomic E-state index is -0.616. The maximum absolute atomic E-state index is 12.6. The number of carbonyl (C=O) groups is 1. The van der Waals surface area contributed by atoms with Gasteiger partial charge in [-0.05, 0) is 30.0 Å². The van der Waals surface area contributed by atoms with Gasteiger partial charge < -0.3 is 20.3 Å².